The summed E-state index contributed by atoms with van der Waals surface area (Å²) in [6.07, 6.45) is 3.85. The van der Waals surface area contributed by atoms with E-state index in [0.29, 0.717) is 23.1 Å². The zero-order chi connectivity index (χ0) is 15.0. The predicted molar refractivity (Wildman–Crippen MR) is 73.5 cm³/mol. The molecule has 21 heavy (non-hydrogen) atoms. The Morgan fingerprint density at radius 2 is 2.10 bits per heavy atom. The SMILES string of the molecule is COc1ccc(-c2ncn(C3CC3)c2N)cc1OC(F)F. The van der Waals surface area contributed by atoms with Gasteiger partial charge in [0.1, 0.15) is 11.5 Å². The smallest absolute Gasteiger partial charge is 0.387 e. The molecular formula is C14H15F2N3O2. The Morgan fingerprint density at radius 1 is 1.33 bits per heavy atom. The van der Waals surface area contributed by atoms with Crippen LogP contribution in [-0.4, -0.2) is 23.3 Å². The third-order valence-corrected chi connectivity index (χ3v) is 3.43. The Morgan fingerprint density at radius 3 is 2.71 bits per heavy atom. The number of halogens is 2. The summed E-state index contributed by atoms with van der Waals surface area (Å²) in [5, 5.41) is 0. The quantitative estimate of drug-likeness (QED) is 0.920. The fourth-order valence-corrected chi connectivity index (χ4v) is 2.25. The zero-order valence-corrected chi connectivity index (χ0v) is 11.4. The molecule has 7 heteroatoms. The van der Waals surface area contributed by atoms with Crippen molar-refractivity contribution >= 4 is 5.82 Å². The number of aromatic nitrogens is 2. The van der Waals surface area contributed by atoms with E-state index in [1.807, 2.05) is 4.57 Å². The molecule has 1 aromatic heterocycles. The summed E-state index contributed by atoms with van der Waals surface area (Å²) in [4.78, 5) is 4.28. The van der Waals surface area contributed by atoms with Gasteiger partial charge in [-0.3, -0.25) is 0 Å². The first-order valence-corrected chi connectivity index (χ1v) is 6.55. The molecule has 0 atom stereocenters. The number of methoxy groups -OCH3 is 1. The first-order chi connectivity index (χ1) is 10.1. The molecule has 0 saturated heterocycles. The average molecular weight is 295 g/mol. The summed E-state index contributed by atoms with van der Waals surface area (Å²) < 4.78 is 36.3. The first kappa shape index (κ1) is 13.7. The minimum atomic E-state index is -2.92. The van der Waals surface area contributed by atoms with Gasteiger partial charge in [0, 0.05) is 11.6 Å². The number of nitrogen functional groups attached to an aromatic ring is 1. The van der Waals surface area contributed by atoms with Crippen molar-refractivity contribution in [3.63, 3.8) is 0 Å². The van der Waals surface area contributed by atoms with Gasteiger partial charge in [0.25, 0.3) is 0 Å². The number of nitrogens with two attached hydrogens (primary N) is 1. The Kier molecular flexibility index (Phi) is 3.40. The van der Waals surface area contributed by atoms with Gasteiger partial charge in [-0.05, 0) is 31.0 Å². The van der Waals surface area contributed by atoms with E-state index in [4.69, 9.17) is 10.5 Å². The van der Waals surface area contributed by atoms with Crippen LogP contribution in [0.5, 0.6) is 11.5 Å². The number of imidazole rings is 1. The molecule has 1 saturated carbocycles. The van der Waals surface area contributed by atoms with Gasteiger partial charge in [0.05, 0.1) is 13.4 Å². The standard InChI is InChI=1S/C14H15F2N3O2/c1-20-10-5-2-8(6-11(10)21-14(15)16)12-13(17)19(7-18-12)9-3-4-9/h2,5-7,9,14H,3-4,17H2,1H3. The fourth-order valence-electron chi connectivity index (χ4n) is 2.25. The minimum absolute atomic E-state index is 0.0367. The lowest BCUT2D eigenvalue weighted by Gasteiger charge is -2.11. The molecule has 1 aromatic carbocycles. The topological polar surface area (TPSA) is 62.3 Å². The van der Waals surface area contributed by atoms with Crippen molar-refractivity contribution in [3.8, 4) is 22.8 Å². The van der Waals surface area contributed by atoms with E-state index in [-0.39, 0.29) is 11.5 Å². The van der Waals surface area contributed by atoms with Crippen LogP contribution in [0.25, 0.3) is 11.3 Å². The van der Waals surface area contributed by atoms with Crippen LogP contribution in [0, 0.1) is 0 Å². The van der Waals surface area contributed by atoms with Crippen molar-refractivity contribution in [2.24, 2.45) is 0 Å². The van der Waals surface area contributed by atoms with Crippen LogP contribution < -0.4 is 15.2 Å². The molecule has 1 aliphatic rings. The molecule has 1 fully saturated rings. The highest BCUT2D eigenvalue weighted by molar-refractivity contribution is 5.73. The lowest BCUT2D eigenvalue weighted by atomic mass is 10.1. The Hall–Kier alpha value is -2.31. The molecule has 2 aromatic rings. The minimum Gasteiger partial charge on any atom is -0.493 e. The second-order valence-electron chi connectivity index (χ2n) is 4.86. The lowest BCUT2D eigenvalue weighted by Crippen LogP contribution is -2.04. The molecule has 0 spiro atoms. The van der Waals surface area contributed by atoms with Crippen LogP contribution in [-0.2, 0) is 0 Å². The van der Waals surface area contributed by atoms with E-state index in [9.17, 15) is 8.78 Å². The highest BCUT2D eigenvalue weighted by atomic mass is 19.3. The maximum Gasteiger partial charge on any atom is 0.387 e. The van der Waals surface area contributed by atoms with Crippen LogP contribution in [0.1, 0.15) is 18.9 Å². The molecule has 0 aliphatic heterocycles. The van der Waals surface area contributed by atoms with Gasteiger partial charge >= 0.3 is 6.61 Å². The number of nitrogens with zero attached hydrogens (tertiary/aromatic N) is 2. The van der Waals surface area contributed by atoms with Gasteiger partial charge in [-0.25, -0.2) is 4.98 Å². The van der Waals surface area contributed by atoms with Gasteiger partial charge in [-0.15, -0.1) is 0 Å². The van der Waals surface area contributed by atoms with Crippen molar-refractivity contribution < 1.29 is 18.3 Å². The van der Waals surface area contributed by atoms with Gasteiger partial charge in [-0.1, -0.05) is 0 Å². The second kappa shape index (κ2) is 5.23. The van der Waals surface area contributed by atoms with Gasteiger partial charge in [-0.2, -0.15) is 8.78 Å². The molecule has 2 N–H and O–H groups in total. The number of hydrogen-bond acceptors (Lipinski definition) is 4. The average Bonchev–Trinajstić information content (AvgIpc) is 3.21. The number of rotatable bonds is 5. The molecule has 0 unspecified atom stereocenters. The number of benzene rings is 1. The summed E-state index contributed by atoms with van der Waals surface area (Å²) in [6, 6.07) is 5.14. The summed E-state index contributed by atoms with van der Waals surface area (Å²) in [6.45, 7) is -2.92. The molecule has 1 aliphatic carbocycles. The van der Waals surface area contributed by atoms with E-state index in [2.05, 4.69) is 9.72 Å². The molecule has 0 radical (unpaired) electrons. The molecular weight excluding hydrogens is 280 g/mol. The van der Waals surface area contributed by atoms with Crippen molar-refractivity contribution in [2.45, 2.75) is 25.5 Å². The summed E-state index contributed by atoms with van der Waals surface area (Å²) in [7, 11) is 1.39. The van der Waals surface area contributed by atoms with Crippen molar-refractivity contribution in [2.75, 3.05) is 12.8 Å². The van der Waals surface area contributed by atoms with Gasteiger partial charge < -0.3 is 19.8 Å². The molecule has 1 heterocycles. The van der Waals surface area contributed by atoms with Crippen LogP contribution in [0.15, 0.2) is 24.5 Å². The largest absolute Gasteiger partial charge is 0.493 e. The molecule has 0 amide bonds. The summed E-state index contributed by atoms with van der Waals surface area (Å²) in [5.74, 6) is 0.732. The maximum absolute atomic E-state index is 12.4. The van der Waals surface area contributed by atoms with Crippen LogP contribution in [0.3, 0.4) is 0 Å². The number of hydrogen-bond donors (Lipinski definition) is 1. The van der Waals surface area contributed by atoms with Crippen LogP contribution in [0.4, 0.5) is 14.6 Å². The van der Waals surface area contributed by atoms with E-state index in [1.54, 1.807) is 18.5 Å². The molecule has 3 rings (SSSR count). The summed E-state index contributed by atoms with van der Waals surface area (Å²) in [5.41, 5.74) is 7.25. The zero-order valence-electron chi connectivity index (χ0n) is 11.4. The highest BCUT2D eigenvalue weighted by Crippen LogP contribution is 2.40. The van der Waals surface area contributed by atoms with E-state index >= 15 is 0 Å². The van der Waals surface area contributed by atoms with E-state index in [1.165, 1.54) is 13.2 Å². The number of alkyl halides is 2. The monoisotopic (exact) mass is 295 g/mol. The Labute approximate surface area is 120 Å². The highest BCUT2D eigenvalue weighted by Gasteiger charge is 2.26. The second-order valence-corrected chi connectivity index (χ2v) is 4.86. The van der Waals surface area contributed by atoms with E-state index < -0.39 is 6.61 Å². The van der Waals surface area contributed by atoms with E-state index in [0.717, 1.165) is 12.8 Å². The van der Waals surface area contributed by atoms with Gasteiger partial charge in [0.15, 0.2) is 11.5 Å². The molecule has 112 valence electrons. The van der Waals surface area contributed by atoms with Crippen molar-refractivity contribution in [1.29, 1.82) is 0 Å². The third kappa shape index (κ3) is 2.63. The molecule has 5 nitrogen and oxygen atoms in total. The number of ether oxygens (including phenoxy) is 2. The fraction of sp³-hybridized carbons (Fsp3) is 0.357. The predicted octanol–water partition coefficient (Wildman–Crippen LogP) is 3.08. The Bertz CT molecular complexity index is 654. The lowest BCUT2D eigenvalue weighted by molar-refractivity contribution is -0.0511. The normalized spacial score (nSPS) is 14.5. The van der Waals surface area contributed by atoms with Crippen molar-refractivity contribution in [3.05, 3.63) is 24.5 Å². The first-order valence-electron chi connectivity index (χ1n) is 6.55. The molecule has 0 bridgehead atoms. The summed E-state index contributed by atoms with van der Waals surface area (Å²) >= 11 is 0. The van der Waals surface area contributed by atoms with Crippen molar-refractivity contribution in [1.82, 2.24) is 9.55 Å². The Balaban J connectivity index is 1.98. The third-order valence-electron chi connectivity index (χ3n) is 3.43. The van der Waals surface area contributed by atoms with Crippen LogP contribution in [0.2, 0.25) is 0 Å². The maximum atomic E-state index is 12.4. The number of anilines is 1. The van der Waals surface area contributed by atoms with Crippen LogP contribution >= 0.6 is 0 Å². The van der Waals surface area contributed by atoms with Gasteiger partial charge in [0.2, 0.25) is 0 Å².